The van der Waals surface area contributed by atoms with Crippen molar-refractivity contribution in [2.24, 2.45) is 11.8 Å². The first kappa shape index (κ1) is 21.1. The van der Waals surface area contributed by atoms with E-state index in [0.717, 1.165) is 61.4 Å². The maximum absolute atomic E-state index is 13.1. The Kier molecular flexibility index (Phi) is 5.71. The highest BCUT2D eigenvalue weighted by atomic mass is 16.2. The van der Waals surface area contributed by atoms with Crippen LogP contribution in [0.25, 0.3) is 0 Å². The Morgan fingerprint density at radius 2 is 1.53 bits per heavy atom. The molecule has 4 aliphatic heterocycles. The summed E-state index contributed by atoms with van der Waals surface area (Å²) in [6, 6.07) is 4.49. The van der Waals surface area contributed by atoms with E-state index in [2.05, 4.69) is 15.5 Å². The number of hydrogen-bond acceptors (Lipinski definition) is 6. The zero-order valence-electron chi connectivity index (χ0n) is 18.3. The molecule has 0 aliphatic carbocycles. The summed E-state index contributed by atoms with van der Waals surface area (Å²) >= 11 is 0. The first-order chi connectivity index (χ1) is 15.5. The molecule has 1 aromatic carbocycles. The van der Waals surface area contributed by atoms with Crippen molar-refractivity contribution >= 4 is 29.3 Å². The van der Waals surface area contributed by atoms with E-state index in [1.165, 1.54) is 19.3 Å². The van der Waals surface area contributed by atoms with E-state index in [0.29, 0.717) is 11.1 Å². The standard InChI is InChI=1S/C24H30N4O4/c29-21-4-3-20(22(30)26-21)28-23(31)18-2-1-17(14-19(18)24(28)32)27-11-7-16(8-12-27)13-15-5-9-25-10-6-15/h1-2,14-16,20,25H,3-13H2,(H,26,29,30). The molecule has 4 heterocycles. The summed E-state index contributed by atoms with van der Waals surface area (Å²) in [5, 5.41) is 5.67. The Labute approximate surface area is 187 Å². The highest BCUT2D eigenvalue weighted by Crippen LogP contribution is 2.34. The Morgan fingerprint density at radius 3 is 2.25 bits per heavy atom. The summed E-state index contributed by atoms with van der Waals surface area (Å²) < 4.78 is 0. The minimum absolute atomic E-state index is 0.126. The van der Waals surface area contributed by atoms with E-state index < -0.39 is 23.8 Å². The van der Waals surface area contributed by atoms with Gasteiger partial charge in [0.15, 0.2) is 0 Å². The van der Waals surface area contributed by atoms with Crippen LogP contribution in [0.3, 0.4) is 0 Å². The monoisotopic (exact) mass is 438 g/mol. The molecule has 3 saturated heterocycles. The minimum Gasteiger partial charge on any atom is -0.371 e. The summed E-state index contributed by atoms with van der Waals surface area (Å²) in [4.78, 5) is 52.9. The molecule has 1 aromatic rings. The van der Waals surface area contributed by atoms with Crippen LogP contribution >= 0.6 is 0 Å². The summed E-state index contributed by atoms with van der Waals surface area (Å²) in [6.45, 7) is 4.18. The summed E-state index contributed by atoms with van der Waals surface area (Å²) in [6.07, 6.45) is 6.48. The molecule has 32 heavy (non-hydrogen) atoms. The number of fused-ring (bicyclic) bond motifs is 1. The van der Waals surface area contributed by atoms with Gasteiger partial charge >= 0.3 is 0 Å². The van der Waals surface area contributed by atoms with Gasteiger partial charge in [-0.15, -0.1) is 0 Å². The molecule has 4 aliphatic rings. The lowest BCUT2D eigenvalue weighted by Gasteiger charge is -2.36. The van der Waals surface area contributed by atoms with Gasteiger partial charge in [0.05, 0.1) is 11.1 Å². The van der Waals surface area contributed by atoms with Gasteiger partial charge in [-0.3, -0.25) is 29.4 Å². The molecule has 8 heteroatoms. The number of carbonyl (C=O) groups excluding carboxylic acids is 4. The average Bonchev–Trinajstić information content (AvgIpc) is 3.05. The molecule has 170 valence electrons. The van der Waals surface area contributed by atoms with Gasteiger partial charge in [0.1, 0.15) is 6.04 Å². The highest BCUT2D eigenvalue weighted by molar-refractivity contribution is 6.23. The van der Waals surface area contributed by atoms with Gasteiger partial charge in [-0.1, -0.05) is 0 Å². The minimum atomic E-state index is -0.922. The van der Waals surface area contributed by atoms with E-state index in [1.807, 2.05) is 6.07 Å². The van der Waals surface area contributed by atoms with Gasteiger partial charge in [-0.25, -0.2) is 0 Å². The number of nitrogens with zero attached hydrogens (tertiary/aromatic N) is 2. The Bertz CT molecular complexity index is 947. The molecule has 0 aromatic heterocycles. The molecule has 8 nitrogen and oxygen atoms in total. The summed E-state index contributed by atoms with van der Waals surface area (Å²) in [7, 11) is 0. The Balaban J connectivity index is 1.25. The number of benzene rings is 1. The maximum Gasteiger partial charge on any atom is 0.262 e. The second kappa shape index (κ2) is 8.65. The van der Waals surface area contributed by atoms with Crippen LogP contribution in [-0.2, 0) is 9.59 Å². The maximum atomic E-state index is 13.1. The normalized spacial score (nSPS) is 25.3. The van der Waals surface area contributed by atoms with E-state index in [4.69, 9.17) is 0 Å². The lowest BCUT2D eigenvalue weighted by atomic mass is 9.83. The number of nitrogens with one attached hydrogen (secondary N) is 2. The SMILES string of the molecule is O=C1CCC(N2C(=O)c3ccc(N4CCC(CC5CCNCC5)CC4)cc3C2=O)C(=O)N1. The topological polar surface area (TPSA) is 98.8 Å². The molecule has 1 atom stereocenters. The number of piperidine rings is 3. The highest BCUT2D eigenvalue weighted by Gasteiger charge is 2.44. The molecule has 0 spiro atoms. The van der Waals surface area contributed by atoms with E-state index >= 15 is 0 Å². The van der Waals surface area contributed by atoms with E-state index in [-0.39, 0.29) is 18.7 Å². The van der Waals surface area contributed by atoms with Crippen LogP contribution in [0.4, 0.5) is 5.69 Å². The number of hydrogen-bond donors (Lipinski definition) is 2. The van der Waals surface area contributed by atoms with Crippen molar-refractivity contribution in [1.82, 2.24) is 15.5 Å². The molecule has 0 radical (unpaired) electrons. The Hall–Kier alpha value is -2.74. The van der Waals surface area contributed by atoms with Crippen LogP contribution in [0.1, 0.15) is 65.7 Å². The predicted octanol–water partition coefficient (Wildman–Crippen LogP) is 1.69. The van der Waals surface area contributed by atoms with Crippen LogP contribution in [0, 0.1) is 11.8 Å². The third-order valence-electron chi connectivity index (χ3n) is 7.53. The van der Waals surface area contributed by atoms with Crippen molar-refractivity contribution in [1.29, 1.82) is 0 Å². The van der Waals surface area contributed by atoms with Gasteiger partial charge in [-0.05, 0) is 81.6 Å². The first-order valence-corrected chi connectivity index (χ1v) is 11.8. The number of rotatable bonds is 4. The van der Waals surface area contributed by atoms with Crippen molar-refractivity contribution < 1.29 is 19.2 Å². The molecule has 3 fully saturated rings. The average molecular weight is 439 g/mol. The second-order valence-corrected chi connectivity index (χ2v) is 9.54. The van der Waals surface area contributed by atoms with E-state index in [9.17, 15) is 19.2 Å². The number of imide groups is 2. The fourth-order valence-electron chi connectivity index (χ4n) is 5.67. The van der Waals surface area contributed by atoms with Gasteiger partial charge < -0.3 is 10.2 Å². The van der Waals surface area contributed by atoms with Crippen molar-refractivity contribution in [3.63, 3.8) is 0 Å². The molecule has 5 rings (SSSR count). The first-order valence-electron chi connectivity index (χ1n) is 11.8. The Morgan fingerprint density at radius 1 is 0.844 bits per heavy atom. The lowest BCUT2D eigenvalue weighted by Crippen LogP contribution is -2.54. The predicted molar refractivity (Wildman–Crippen MR) is 118 cm³/mol. The van der Waals surface area contributed by atoms with Gasteiger partial charge in [0, 0.05) is 25.2 Å². The molecule has 2 N–H and O–H groups in total. The third kappa shape index (κ3) is 3.92. The van der Waals surface area contributed by atoms with Crippen molar-refractivity contribution in [2.45, 2.75) is 51.0 Å². The van der Waals surface area contributed by atoms with Gasteiger partial charge in [0.25, 0.3) is 11.8 Å². The van der Waals surface area contributed by atoms with Crippen molar-refractivity contribution in [3.8, 4) is 0 Å². The summed E-state index contributed by atoms with van der Waals surface area (Å²) in [5.74, 6) is -0.237. The largest absolute Gasteiger partial charge is 0.371 e. The van der Waals surface area contributed by atoms with Crippen LogP contribution in [-0.4, -0.2) is 60.7 Å². The van der Waals surface area contributed by atoms with Crippen LogP contribution in [0.15, 0.2) is 18.2 Å². The quantitative estimate of drug-likeness (QED) is 0.695. The zero-order chi connectivity index (χ0) is 22.2. The number of anilines is 1. The van der Waals surface area contributed by atoms with Crippen LogP contribution in [0.5, 0.6) is 0 Å². The third-order valence-corrected chi connectivity index (χ3v) is 7.53. The fraction of sp³-hybridized carbons (Fsp3) is 0.583. The second-order valence-electron chi connectivity index (χ2n) is 9.54. The zero-order valence-corrected chi connectivity index (χ0v) is 18.3. The molecule has 0 bridgehead atoms. The van der Waals surface area contributed by atoms with Crippen LogP contribution < -0.4 is 15.5 Å². The van der Waals surface area contributed by atoms with Crippen molar-refractivity contribution in [3.05, 3.63) is 29.3 Å². The molecule has 0 saturated carbocycles. The van der Waals surface area contributed by atoms with Gasteiger partial charge in [-0.2, -0.15) is 0 Å². The van der Waals surface area contributed by atoms with Crippen LogP contribution in [0.2, 0.25) is 0 Å². The molecule has 4 amide bonds. The van der Waals surface area contributed by atoms with Crippen molar-refractivity contribution in [2.75, 3.05) is 31.1 Å². The summed E-state index contributed by atoms with van der Waals surface area (Å²) in [5.41, 5.74) is 1.65. The van der Waals surface area contributed by atoms with Gasteiger partial charge in [0.2, 0.25) is 11.8 Å². The smallest absolute Gasteiger partial charge is 0.262 e. The number of carbonyl (C=O) groups is 4. The fourth-order valence-corrected chi connectivity index (χ4v) is 5.67. The lowest BCUT2D eigenvalue weighted by molar-refractivity contribution is -0.136. The molecular weight excluding hydrogens is 408 g/mol. The molecular formula is C24H30N4O4. The molecule has 1 unspecified atom stereocenters. The van der Waals surface area contributed by atoms with E-state index in [1.54, 1.807) is 12.1 Å². The number of amides is 4.